The van der Waals surface area contributed by atoms with Gasteiger partial charge >= 0.3 is 73.9 Å². The van der Waals surface area contributed by atoms with Crippen molar-refractivity contribution in [2.45, 2.75) is 430 Å². The summed E-state index contributed by atoms with van der Waals surface area (Å²) in [5, 5.41) is 42.0. The van der Waals surface area contributed by atoms with E-state index in [9.17, 15) is 39.6 Å². The van der Waals surface area contributed by atoms with Crippen molar-refractivity contribution in [3.8, 4) is 0 Å². The van der Waals surface area contributed by atoms with Crippen LogP contribution < -0.4 is 59.1 Å². The van der Waals surface area contributed by atoms with E-state index in [2.05, 4.69) is 27.7 Å². The van der Waals surface area contributed by atoms with E-state index in [0.717, 1.165) is 103 Å². The van der Waals surface area contributed by atoms with Gasteiger partial charge in [-0.3, -0.25) is 28.3 Å². The molecule has 0 aromatic carbocycles. The summed E-state index contributed by atoms with van der Waals surface area (Å²) in [6.07, 6.45) is 51.1. The Bertz CT molecular complexity index is 1620. The maximum absolute atomic E-state index is 16.1. The van der Waals surface area contributed by atoms with Crippen molar-refractivity contribution < 1.29 is 120 Å². The number of aliphatic hydroxyl groups excluding tert-OH is 3. The minimum Gasteiger partial charge on any atom is -1.00 e. The van der Waals surface area contributed by atoms with Gasteiger partial charge in [0.2, 0.25) is 16.1 Å². The number of unbranched alkanes of at least 4 members (excludes halogenated alkanes) is 48. The maximum atomic E-state index is 16.1. The molecule has 90 heavy (non-hydrogen) atoms. The first-order valence-electron chi connectivity index (χ1n) is 38.0. The van der Waals surface area contributed by atoms with E-state index in [1.165, 1.54) is 193 Å². The van der Waals surface area contributed by atoms with E-state index in [1.807, 2.05) is 0 Å². The Hall–Kier alpha value is 0.900. The fourth-order valence-electron chi connectivity index (χ4n) is 12.4. The third kappa shape index (κ3) is 49.4. The molecule has 0 rings (SSSR count). The van der Waals surface area contributed by atoms with E-state index in [-0.39, 0.29) is 118 Å². The normalized spacial score (nSPS) is 14.3. The SMILES string of the molecule is CCCCCCCCCCCCCCCC(=O)CC(CO)OP(=O)(C(=O)CCCCCCCCCCCCCCC)C(O)(CCCO)P(=O)(OC(CO)CC(=O)CCCCCCCCCCCCCCC)C(=O)CCCCCCCCCCCCCCC.[H-].[H-].[Na+].[Na+]. The van der Waals surface area contributed by atoms with Crippen LogP contribution >= 0.6 is 14.7 Å². The van der Waals surface area contributed by atoms with E-state index in [4.69, 9.17) is 9.05 Å². The largest absolute Gasteiger partial charge is 1.00 e. The third-order valence-electron chi connectivity index (χ3n) is 18.3. The van der Waals surface area contributed by atoms with Crippen molar-refractivity contribution in [1.82, 2.24) is 0 Å². The van der Waals surface area contributed by atoms with Crippen LogP contribution in [0.4, 0.5) is 0 Å². The smallest absolute Gasteiger partial charge is 1.00 e. The van der Waals surface area contributed by atoms with Crippen LogP contribution in [0.5, 0.6) is 0 Å². The molecule has 0 aromatic heterocycles. The number of aliphatic hydroxyl groups is 4. The molecule has 16 heteroatoms. The number of hydrogen-bond acceptors (Lipinski definition) is 12. The van der Waals surface area contributed by atoms with Gasteiger partial charge in [0.25, 0.3) is 0 Å². The van der Waals surface area contributed by atoms with Gasteiger partial charge in [-0.2, -0.15) is 0 Å². The summed E-state index contributed by atoms with van der Waals surface area (Å²) in [6, 6.07) is 0. The van der Waals surface area contributed by atoms with Gasteiger partial charge in [-0.05, 0) is 38.5 Å². The Morgan fingerprint density at radius 3 is 0.700 bits per heavy atom. The number of ketones is 2. The molecule has 0 amide bonds. The number of carbonyl (C=O) groups is 4. The molecule has 0 heterocycles. The van der Waals surface area contributed by atoms with Crippen LogP contribution in [-0.4, -0.2) is 80.2 Å². The number of carbonyl (C=O) groups excluding carboxylic acids is 4. The molecular weight excluding hydrogens is 1190 g/mol. The van der Waals surface area contributed by atoms with Crippen molar-refractivity contribution in [1.29, 1.82) is 0 Å². The zero-order chi connectivity index (χ0) is 64.9. The summed E-state index contributed by atoms with van der Waals surface area (Å²) in [5.41, 5.74) is -2.18. The Labute approximate surface area is 602 Å². The van der Waals surface area contributed by atoms with Crippen molar-refractivity contribution in [3.63, 3.8) is 0 Å². The number of rotatable bonds is 73. The summed E-state index contributed by atoms with van der Waals surface area (Å²) in [5.74, 6) is -0.589. The van der Waals surface area contributed by atoms with E-state index in [1.54, 1.807) is 0 Å². The third-order valence-corrected chi connectivity index (χ3v) is 25.2. The first kappa shape index (κ1) is 95.1. The molecule has 0 aliphatic rings. The molecular formula is C74H146Na2O12P2. The standard InChI is InChI=1S/C74H144O12P2.2Na.2H/c1-5-9-13-17-21-25-29-33-37-41-45-49-53-58-68(78)64-70(66-76)85-87(83,72(80)60-55-51-47-43-39-35-31-27-23-19-15-11-7-3)74(82,62-57-63-75)88(84,73(81)61-56-52-48-44-40-36-32-28-24-20-16-12-8-4)86-71(67-77)65-69(79)59-54-50-46-42-38-34-30-26-22-18-14-10-6-2;;;;/h70-71,75-77,82H,5-67H2,1-4H3;;;;/q;2*+1;2*-1. The molecule has 0 aromatic rings. The molecule has 4 N–H and O–H groups in total. The second kappa shape index (κ2) is 68.4. The quantitative estimate of drug-likeness (QED) is 0.0255. The Morgan fingerprint density at radius 2 is 0.511 bits per heavy atom. The van der Waals surface area contributed by atoms with Gasteiger partial charge < -0.3 is 32.3 Å². The van der Waals surface area contributed by atoms with Crippen LogP contribution in [0.1, 0.15) is 416 Å². The molecule has 0 radical (unpaired) electrons. The Morgan fingerprint density at radius 1 is 0.322 bits per heavy atom. The van der Waals surface area contributed by atoms with E-state index >= 15 is 9.13 Å². The minimum atomic E-state index is -5.51. The maximum Gasteiger partial charge on any atom is 1.00 e. The van der Waals surface area contributed by atoms with Crippen molar-refractivity contribution in [3.05, 3.63) is 0 Å². The molecule has 4 unspecified atom stereocenters. The average Bonchev–Trinajstić information content (AvgIpc) is 0.731. The van der Waals surface area contributed by atoms with E-state index < -0.39 is 82.2 Å². The van der Waals surface area contributed by atoms with Crippen LogP contribution in [0.3, 0.4) is 0 Å². The van der Waals surface area contributed by atoms with Gasteiger partial charge in [-0.25, -0.2) is 0 Å². The van der Waals surface area contributed by atoms with Crippen molar-refractivity contribution in [2.24, 2.45) is 0 Å². The average molecular weight is 1340 g/mol. The monoisotopic (exact) mass is 1340 g/mol. The Kier molecular flexibility index (Phi) is 72.3. The molecule has 12 nitrogen and oxygen atoms in total. The predicted molar refractivity (Wildman–Crippen MR) is 373 cm³/mol. The summed E-state index contributed by atoms with van der Waals surface area (Å²) < 4.78 is 44.7. The van der Waals surface area contributed by atoms with Gasteiger partial charge in [0, 0.05) is 45.1 Å². The number of Topliss-reactive ketones (excluding diaryl/α,β-unsaturated/α-hetero) is 2. The second-order valence-corrected chi connectivity index (χ2v) is 32.2. The molecule has 0 bridgehead atoms. The van der Waals surface area contributed by atoms with Gasteiger partial charge in [0.05, 0.1) is 25.4 Å². The zero-order valence-electron chi connectivity index (χ0n) is 62.2. The molecule has 0 aliphatic heterocycles. The molecule has 0 spiro atoms. The first-order chi connectivity index (χ1) is 42.8. The Balaban J connectivity index is -0.00000631. The summed E-state index contributed by atoms with van der Waals surface area (Å²) in [7, 11) is -11.0. The zero-order valence-corrected chi connectivity index (χ0v) is 65.9. The van der Waals surface area contributed by atoms with Crippen LogP contribution in [0.15, 0.2) is 0 Å². The van der Waals surface area contributed by atoms with Crippen molar-refractivity contribution >= 4 is 37.4 Å². The second-order valence-electron chi connectivity index (χ2n) is 26.8. The molecule has 0 saturated heterocycles. The van der Waals surface area contributed by atoms with Gasteiger partial charge in [0.15, 0.2) is 0 Å². The summed E-state index contributed by atoms with van der Waals surface area (Å²) in [4.78, 5) is 57.2. The molecule has 526 valence electrons. The van der Waals surface area contributed by atoms with Crippen LogP contribution in [0.2, 0.25) is 0 Å². The minimum absolute atomic E-state index is 0. The molecule has 4 atom stereocenters. The topological polar surface area (TPSA) is 202 Å². The van der Waals surface area contributed by atoms with Crippen LogP contribution in [0.25, 0.3) is 0 Å². The fraction of sp³-hybridized carbons (Fsp3) is 0.946. The first-order valence-corrected chi connectivity index (χ1v) is 41.3. The summed E-state index contributed by atoms with van der Waals surface area (Å²) >= 11 is 0. The van der Waals surface area contributed by atoms with Crippen LogP contribution in [-0.2, 0) is 37.4 Å². The van der Waals surface area contributed by atoms with Gasteiger partial charge in [-0.15, -0.1) is 0 Å². The number of hydrogen-bond donors (Lipinski definition) is 4. The van der Waals surface area contributed by atoms with Gasteiger partial charge in [-0.1, -0.05) is 336 Å². The molecule has 0 aliphatic carbocycles. The van der Waals surface area contributed by atoms with Crippen molar-refractivity contribution in [2.75, 3.05) is 19.8 Å². The molecule has 0 saturated carbocycles. The van der Waals surface area contributed by atoms with E-state index in [0.29, 0.717) is 25.7 Å². The molecule has 0 fully saturated rings. The predicted octanol–water partition coefficient (Wildman–Crippen LogP) is 16.8. The van der Waals surface area contributed by atoms with Gasteiger partial charge in [0.1, 0.15) is 11.6 Å². The summed E-state index contributed by atoms with van der Waals surface area (Å²) in [6.45, 7) is 6.59. The fourth-order valence-corrected chi connectivity index (χ4v) is 19.1. The van der Waals surface area contributed by atoms with Crippen LogP contribution in [0, 0.1) is 0 Å².